The normalized spacial score (nSPS) is 20.0. The van der Waals surface area contributed by atoms with E-state index in [1.54, 1.807) is 7.11 Å². The Labute approximate surface area is 120 Å². The molecule has 1 aliphatic heterocycles. The topological polar surface area (TPSA) is 62.4 Å². The molecule has 5 heteroatoms. The fourth-order valence-corrected chi connectivity index (χ4v) is 2.47. The van der Waals surface area contributed by atoms with Gasteiger partial charge in [0, 0.05) is 11.7 Å². The molecule has 2 rings (SSSR count). The molecular formula is C15H23N3O2. The van der Waals surface area contributed by atoms with Gasteiger partial charge in [-0.05, 0) is 63.0 Å². The molecular weight excluding hydrogens is 254 g/mol. The van der Waals surface area contributed by atoms with Gasteiger partial charge >= 0.3 is 6.03 Å². The number of carbonyl (C=O) groups is 1. The van der Waals surface area contributed by atoms with Gasteiger partial charge in [0.15, 0.2) is 0 Å². The van der Waals surface area contributed by atoms with Crippen LogP contribution in [0.1, 0.15) is 19.8 Å². The van der Waals surface area contributed by atoms with Crippen LogP contribution in [0.3, 0.4) is 0 Å². The van der Waals surface area contributed by atoms with Gasteiger partial charge in [-0.3, -0.25) is 0 Å². The smallest absolute Gasteiger partial charge is 0.319 e. The molecule has 1 fully saturated rings. The largest absolute Gasteiger partial charge is 0.497 e. The van der Waals surface area contributed by atoms with Crippen molar-refractivity contribution in [1.82, 2.24) is 10.6 Å². The van der Waals surface area contributed by atoms with E-state index in [9.17, 15) is 4.79 Å². The predicted molar refractivity (Wildman–Crippen MR) is 80.2 cm³/mol. The number of methoxy groups -OCH3 is 1. The fourth-order valence-electron chi connectivity index (χ4n) is 2.47. The average Bonchev–Trinajstić information content (AvgIpc) is 2.49. The van der Waals surface area contributed by atoms with E-state index < -0.39 is 0 Å². The van der Waals surface area contributed by atoms with Crippen molar-refractivity contribution in [2.24, 2.45) is 5.92 Å². The number of carbonyl (C=O) groups excluding carboxylic acids is 1. The SMILES string of the molecule is COc1ccc(NC(=O)NC(C)C2CCCNC2)cc1. The van der Waals surface area contributed by atoms with Crippen LogP contribution in [0.25, 0.3) is 0 Å². The molecule has 0 saturated carbocycles. The number of hydrogen-bond donors (Lipinski definition) is 3. The maximum Gasteiger partial charge on any atom is 0.319 e. The van der Waals surface area contributed by atoms with Gasteiger partial charge < -0.3 is 20.7 Å². The van der Waals surface area contributed by atoms with Crippen LogP contribution in [0.15, 0.2) is 24.3 Å². The Kier molecular flexibility index (Phi) is 5.24. The molecule has 0 radical (unpaired) electrons. The summed E-state index contributed by atoms with van der Waals surface area (Å²) in [6.07, 6.45) is 2.34. The molecule has 0 bridgehead atoms. The maximum atomic E-state index is 11.9. The zero-order valence-electron chi connectivity index (χ0n) is 12.1. The monoisotopic (exact) mass is 277 g/mol. The van der Waals surface area contributed by atoms with E-state index in [1.165, 1.54) is 6.42 Å². The average molecular weight is 277 g/mol. The molecule has 0 aliphatic carbocycles. The van der Waals surface area contributed by atoms with Crippen LogP contribution in [0, 0.1) is 5.92 Å². The van der Waals surface area contributed by atoms with Crippen molar-refractivity contribution in [1.29, 1.82) is 0 Å². The molecule has 2 amide bonds. The molecule has 5 nitrogen and oxygen atoms in total. The number of ether oxygens (including phenoxy) is 1. The molecule has 1 heterocycles. The Balaban J connectivity index is 1.81. The summed E-state index contributed by atoms with van der Waals surface area (Å²) in [7, 11) is 1.62. The lowest BCUT2D eigenvalue weighted by Gasteiger charge is -2.28. The van der Waals surface area contributed by atoms with Crippen LogP contribution in [-0.2, 0) is 0 Å². The van der Waals surface area contributed by atoms with Gasteiger partial charge in [0.1, 0.15) is 5.75 Å². The minimum atomic E-state index is -0.159. The number of amides is 2. The second-order valence-electron chi connectivity index (χ2n) is 5.22. The summed E-state index contributed by atoms with van der Waals surface area (Å²) in [6, 6.07) is 7.30. The van der Waals surface area contributed by atoms with Gasteiger partial charge in [0.2, 0.25) is 0 Å². The molecule has 0 spiro atoms. The molecule has 1 saturated heterocycles. The van der Waals surface area contributed by atoms with Gasteiger partial charge in [0.05, 0.1) is 7.11 Å². The summed E-state index contributed by atoms with van der Waals surface area (Å²) in [5, 5.41) is 9.21. The van der Waals surface area contributed by atoms with E-state index in [4.69, 9.17) is 4.74 Å². The summed E-state index contributed by atoms with van der Waals surface area (Å²) in [6.45, 7) is 4.12. The summed E-state index contributed by atoms with van der Waals surface area (Å²) in [5.74, 6) is 1.28. The van der Waals surface area contributed by atoms with Gasteiger partial charge in [-0.15, -0.1) is 0 Å². The Morgan fingerprint density at radius 3 is 2.75 bits per heavy atom. The van der Waals surface area contributed by atoms with Gasteiger partial charge in [-0.25, -0.2) is 4.79 Å². The fraction of sp³-hybridized carbons (Fsp3) is 0.533. The first-order valence-corrected chi connectivity index (χ1v) is 7.11. The molecule has 3 N–H and O–H groups in total. The lowest BCUT2D eigenvalue weighted by molar-refractivity contribution is 0.238. The maximum absolute atomic E-state index is 11.9. The van der Waals surface area contributed by atoms with Crippen molar-refractivity contribution in [3.8, 4) is 5.75 Å². The minimum Gasteiger partial charge on any atom is -0.497 e. The third-order valence-corrected chi connectivity index (χ3v) is 3.75. The van der Waals surface area contributed by atoms with Crippen molar-refractivity contribution in [2.45, 2.75) is 25.8 Å². The highest BCUT2D eigenvalue weighted by Gasteiger charge is 2.21. The lowest BCUT2D eigenvalue weighted by Crippen LogP contribution is -2.45. The first-order chi connectivity index (χ1) is 9.69. The molecule has 20 heavy (non-hydrogen) atoms. The van der Waals surface area contributed by atoms with E-state index in [0.29, 0.717) is 5.92 Å². The number of piperidine rings is 1. The zero-order chi connectivity index (χ0) is 14.4. The van der Waals surface area contributed by atoms with Gasteiger partial charge in [-0.1, -0.05) is 0 Å². The molecule has 1 aromatic rings. The first-order valence-electron chi connectivity index (χ1n) is 7.11. The number of rotatable bonds is 4. The van der Waals surface area contributed by atoms with Crippen LogP contribution < -0.4 is 20.7 Å². The van der Waals surface area contributed by atoms with Crippen molar-refractivity contribution in [2.75, 3.05) is 25.5 Å². The third kappa shape index (κ3) is 4.13. The summed E-state index contributed by atoms with van der Waals surface area (Å²) < 4.78 is 5.08. The molecule has 0 aromatic heterocycles. The Hall–Kier alpha value is -1.75. The molecule has 1 aliphatic rings. The second-order valence-corrected chi connectivity index (χ2v) is 5.22. The summed E-state index contributed by atoms with van der Waals surface area (Å²) >= 11 is 0. The number of urea groups is 1. The number of nitrogens with one attached hydrogen (secondary N) is 3. The van der Waals surface area contributed by atoms with Crippen LogP contribution >= 0.6 is 0 Å². The highest BCUT2D eigenvalue weighted by Crippen LogP contribution is 2.16. The summed E-state index contributed by atoms with van der Waals surface area (Å²) in [4.78, 5) is 11.9. The third-order valence-electron chi connectivity index (χ3n) is 3.75. The van der Waals surface area contributed by atoms with Crippen LogP contribution in [0.2, 0.25) is 0 Å². The van der Waals surface area contributed by atoms with Crippen molar-refractivity contribution >= 4 is 11.7 Å². The number of benzene rings is 1. The van der Waals surface area contributed by atoms with E-state index >= 15 is 0 Å². The standard InChI is InChI=1S/C15H23N3O2/c1-11(12-4-3-9-16-10-12)17-15(19)18-13-5-7-14(20-2)8-6-13/h5-8,11-12,16H,3-4,9-10H2,1-2H3,(H2,17,18,19). The first kappa shape index (κ1) is 14.7. The van der Waals surface area contributed by atoms with Crippen molar-refractivity contribution in [3.05, 3.63) is 24.3 Å². The minimum absolute atomic E-state index is 0.159. The predicted octanol–water partition coefficient (Wildman–Crippen LogP) is 2.20. The Morgan fingerprint density at radius 1 is 1.40 bits per heavy atom. The number of hydrogen-bond acceptors (Lipinski definition) is 3. The molecule has 2 unspecified atom stereocenters. The summed E-state index contributed by atoms with van der Waals surface area (Å²) in [5.41, 5.74) is 0.761. The van der Waals surface area contributed by atoms with E-state index in [2.05, 4.69) is 22.9 Å². The van der Waals surface area contributed by atoms with Gasteiger partial charge in [0.25, 0.3) is 0 Å². The molecule has 110 valence electrons. The number of anilines is 1. The van der Waals surface area contributed by atoms with Gasteiger partial charge in [-0.2, -0.15) is 0 Å². The van der Waals surface area contributed by atoms with Crippen molar-refractivity contribution in [3.63, 3.8) is 0 Å². The van der Waals surface area contributed by atoms with Crippen LogP contribution in [0.5, 0.6) is 5.75 Å². The second kappa shape index (κ2) is 7.14. The van der Waals surface area contributed by atoms with Crippen molar-refractivity contribution < 1.29 is 9.53 Å². The highest BCUT2D eigenvalue weighted by atomic mass is 16.5. The molecule has 1 aromatic carbocycles. The Morgan fingerprint density at radius 2 is 2.15 bits per heavy atom. The lowest BCUT2D eigenvalue weighted by atomic mass is 9.93. The molecule has 2 atom stereocenters. The highest BCUT2D eigenvalue weighted by molar-refractivity contribution is 5.89. The van der Waals surface area contributed by atoms with Crippen LogP contribution in [0.4, 0.5) is 10.5 Å². The Bertz CT molecular complexity index is 427. The van der Waals surface area contributed by atoms with E-state index in [-0.39, 0.29) is 12.1 Å². The van der Waals surface area contributed by atoms with E-state index in [0.717, 1.165) is 30.9 Å². The quantitative estimate of drug-likeness (QED) is 0.790. The van der Waals surface area contributed by atoms with Crippen LogP contribution in [-0.4, -0.2) is 32.3 Å². The van der Waals surface area contributed by atoms with E-state index in [1.807, 2.05) is 24.3 Å². The zero-order valence-corrected chi connectivity index (χ0v) is 12.1.